The zero-order valence-corrected chi connectivity index (χ0v) is 22.6. The predicted octanol–water partition coefficient (Wildman–Crippen LogP) is 4.14. The molecule has 4 heterocycles. The maximum absolute atomic E-state index is 16.1. The van der Waals surface area contributed by atoms with Gasteiger partial charge < -0.3 is 19.9 Å². The summed E-state index contributed by atoms with van der Waals surface area (Å²) in [6, 6.07) is 2.51. The lowest BCUT2D eigenvalue weighted by Crippen LogP contribution is -2.45. The largest absolute Gasteiger partial charge is 0.377 e. The van der Waals surface area contributed by atoms with Gasteiger partial charge in [-0.1, -0.05) is 6.92 Å². The van der Waals surface area contributed by atoms with Gasteiger partial charge in [-0.15, -0.1) is 5.17 Å². The van der Waals surface area contributed by atoms with Gasteiger partial charge in [-0.25, -0.2) is 18.7 Å². The third-order valence-corrected chi connectivity index (χ3v) is 8.18. The number of allylic oxidation sites excluding steroid dienone is 4. The smallest absolute Gasteiger partial charge is 0.174 e. The Balaban J connectivity index is 1.38. The van der Waals surface area contributed by atoms with Crippen molar-refractivity contribution in [2.24, 2.45) is 11.8 Å². The van der Waals surface area contributed by atoms with Crippen molar-refractivity contribution >= 4 is 16.9 Å². The molecule has 11 heteroatoms. The summed E-state index contributed by atoms with van der Waals surface area (Å²) in [5.74, 6) is -1.51. The fraction of sp³-hybridized carbons (Fsp3) is 0.448. The van der Waals surface area contributed by atoms with Gasteiger partial charge in [0.1, 0.15) is 17.8 Å². The summed E-state index contributed by atoms with van der Waals surface area (Å²) in [5, 5.41) is 14.6. The average molecular weight is 552 g/mol. The summed E-state index contributed by atoms with van der Waals surface area (Å²) < 4.78 is 37.1. The first-order valence-electron chi connectivity index (χ1n) is 14.0. The van der Waals surface area contributed by atoms with Gasteiger partial charge in [0.05, 0.1) is 18.3 Å². The maximum atomic E-state index is 16.1. The van der Waals surface area contributed by atoms with Crippen LogP contribution in [0, 0.1) is 23.5 Å². The summed E-state index contributed by atoms with van der Waals surface area (Å²) in [6.07, 6.45) is 13.3. The van der Waals surface area contributed by atoms with Crippen LogP contribution in [-0.4, -0.2) is 70.7 Å². The van der Waals surface area contributed by atoms with E-state index >= 15 is 8.78 Å². The molecule has 1 aliphatic carbocycles. The number of anilines is 2. The normalized spacial score (nSPS) is 24.6. The Morgan fingerprint density at radius 3 is 2.65 bits per heavy atom. The lowest BCUT2D eigenvalue weighted by Gasteiger charge is -2.40. The molecule has 0 saturated carbocycles. The topological polar surface area (TPSA) is 89.0 Å². The van der Waals surface area contributed by atoms with E-state index in [1.165, 1.54) is 24.2 Å². The molecule has 4 aliphatic rings. The van der Waals surface area contributed by atoms with E-state index in [9.17, 15) is 5.21 Å². The molecule has 3 aliphatic heterocycles. The van der Waals surface area contributed by atoms with E-state index in [1.54, 1.807) is 23.5 Å². The van der Waals surface area contributed by atoms with E-state index in [2.05, 4.69) is 38.6 Å². The number of hydrogen-bond acceptors (Lipinski definition) is 9. The number of aromatic nitrogens is 2. The molecule has 2 saturated heterocycles. The summed E-state index contributed by atoms with van der Waals surface area (Å²) in [7, 11) is 0. The molecule has 1 aromatic carbocycles. The van der Waals surface area contributed by atoms with Crippen LogP contribution in [0.1, 0.15) is 31.7 Å². The Morgan fingerprint density at radius 1 is 1.15 bits per heavy atom. The molecule has 3 unspecified atom stereocenters. The number of hydroxylamine groups is 1. The highest BCUT2D eigenvalue weighted by Gasteiger charge is 2.42. The van der Waals surface area contributed by atoms with Crippen LogP contribution in [0.2, 0.25) is 0 Å². The van der Waals surface area contributed by atoms with Crippen LogP contribution in [0.25, 0.3) is 5.57 Å². The van der Waals surface area contributed by atoms with Gasteiger partial charge >= 0.3 is 0 Å². The molecular weight excluding hydrogens is 516 g/mol. The van der Waals surface area contributed by atoms with Crippen molar-refractivity contribution in [3.8, 4) is 0 Å². The van der Waals surface area contributed by atoms with Crippen molar-refractivity contribution < 1.29 is 18.7 Å². The first kappa shape index (κ1) is 26.8. The van der Waals surface area contributed by atoms with Gasteiger partial charge in [-0.3, -0.25) is 10.6 Å². The fourth-order valence-corrected chi connectivity index (χ4v) is 6.29. The van der Waals surface area contributed by atoms with Gasteiger partial charge in [-0.05, 0) is 49.1 Å². The van der Waals surface area contributed by atoms with Crippen molar-refractivity contribution in [2.75, 3.05) is 49.7 Å². The SMILES string of the molecule is CCC1C(N2CCNCC2)=CC=C2C1C(c1cncnc1)=CN2c1c(F)ccc(NN(O)CC2CCCO2)c1F. The van der Waals surface area contributed by atoms with Gasteiger partial charge in [-0.2, -0.15) is 0 Å². The molecule has 2 aromatic rings. The van der Waals surface area contributed by atoms with E-state index in [0.717, 1.165) is 67.4 Å². The number of halogens is 2. The van der Waals surface area contributed by atoms with Crippen molar-refractivity contribution in [1.82, 2.24) is 25.4 Å². The highest BCUT2D eigenvalue weighted by molar-refractivity contribution is 5.82. The monoisotopic (exact) mass is 551 g/mol. The molecule has 9 nitrogen and oxygen atoms in total. The van der Waals surface area contributed by atoms with Crippen LogP contribution in [-0.2, 0) is 4.74 Å². The molecule has 0 amide bonds. The van der Waals surface area contributed by atoms with Crippen molar-refractivity contribution in [1.29, 1.82) is 0 Å². The highest BCUT2D eigenvalue weighted by atomic mass is 19.1. The molecule has 212 valence electrons. The predicted molar refractivity (Wildman–Crippen MR) is 148 cm³/mol. The number of benzene rings is 1. The number of rotatable bonds is 8. The third-order valence-electron chi connectivity index (χ3n) is 8.18. The third kappa shape index (κ3) is 5.10. The van der Waals surface area contributed by atoms with Crippen LogP contribution in [0.3, 0.4) is 0 Å². The Bertz CT molecular complexity index is 1310. The number of nitrogens with zero attached hydrogens (tertiary/aromatic N) is 5. The zero-order chi connectivity index (χ0) is 27.6. The number of nitrogens with one attached hydrogen (secondary N) is 2. The van der Waals surface area contributed by atoms with Crippen LogP contribution in [0.5, 0.6) is 0 Å². The van der Waals surface area contributed by atoms with Crippen molar-refractivity contribution in [2.45, 2.75) is 32.3 Å². The minimum Gasteiger partial charge on any atom is -0.377 e. The summed E-state index contributed by atoms with van der Waals surface area (Å²) in [6.45, 7) is 6.62. The number of fused-ring (bicyclic) bond motifs is 1. The lowest BCUT2D eigenvalue weighted by molar-refractivity contribution is -0.0939. The molecule has 2 fully saturated rings. The molecule has 1 aromatic heterocycles. The standard InChI is InChI=1S/C29H35F2N7O2/c1-2-21-25(36-11-9-32-10-12-36)7-8-26-27(21)22(19-14-33-18-34-15-19)17-37(26)29-23(30)5-6-24(28(29)31)35-38(39)16-20-4-3-13-40-20/h5-8,14-15,17-18,20-21,27,32,35,39H,2-4,9-13,16H2,1H3. The number of hydrogen-bond donors (Lipinski definition) is 3. The Hall–Kier alpha value is -3.38. The maximum Gasteiger partial charge on any atom is 0.174 e. The molecule has 0 bridgehead atoms. The second kappa shape index (κ2) is 11.6. The van der Waals surface area contributed by atoms with E-state index < -0.39 is 11.6 Å². The summed E-state index contributed by atoms with van der Waals surface area (Å²) >= 11 is 0. The Morgan fingerprint density at radius 2 is 1.93 bits per heavy atom. The van der Waals surface area contributed by atoms with Crippen LogP contribution in [0.4, 0.5) is 20.2 Å². The molecule has 6 rings (SSSR count). The molecular formula is C29H35F2N7O2. The molecule has 3 atom stereocenters. The van der Waals surface area contributed by atoms with Crippen molar-refractivity contribution in [3.63, 3.8) is 0 Å². The van der Waals surface area contributed by atoms with Gasteiger partial charge in [0.25, 0.3) is 0 Å². The second-order valence-electron chi connectivity index (χ2n) is 10.6. The zero-order valence-electron chi connectivity index (χ0n) is 22.6. The molecule has 40 heavy (non-hydrogen) atoms. The minimum atomic E-state index is -0.794. The molecule has 3 N–H and O–H groups in total. The van der Waals surface area contributed by atoms with E-state index in [-0.39, 0.29) is 35.9 Å². The summed E-state index contributed by atoms with van der Waals surface area (Å²) in [4.78, 5) is 12.5. The summed E-state index contributed by atoms with van der Waals surface area (Å²) in [5.41, 5.74) is 6.20. The van der Waals surface area contributed by atoms with Crippen molar-refractivity contribution in [3.05, 3.63) is 77.8 Å². The Kier molecular flexibility index (Phi) is 7.79. The second-order valence-corrected chi connectivity index (χ2v) is 10.6. The first-order valence-corrected chi connectivity index (χ1v) is 14.0. The van der Waals surface area contributed by atoms with Crippen LogP contribution < -0.4 is 15.6 Å². The highest BCUT2D eigenvalue weighted by Crippen LogP contribution is 2.51. The van der Waals surface area contributed by atoms with E-state index in [4.69, 9.17) is 4.74 Å². The minimum absolute atomic E-state index is 0.0289. The van der Waals surface area contributed by atoms with Crippen LogP contribution >= 0.6 is 0 Å². The number of ether oxygens (including phenoxy) is 1. The number of piperazine rings is 1. The van der Waals surface area contributed by atoms with E-state index in [0.29, 0.717) is 6.61 Å². The average Bonchev–Trinajstić information content (AvgIpc) is 3.63. The lowest BCUT2D eigenvalue weighted by atomic mass is 9.76. The molecule has 0 radical (unpaired) electrons. The first-order chi connectivity index (χ1) is 19.5. The number of hydrazine groups is 1. The van der Waals surface area contributed by atoms with Gasteiger partial charge in [0.15, 0.2) is 5.82 Å². The van der Waals surface area contributed by atoms with Crippen LogP contribution in [0.15, 0.2) is 60.6 Å². The quantitative estimate of drug-likeness (QED) is 0.419. The Labute approximate surface area is 232 Å². The molecule has 0 spiro atoms. The van der Waals surface area contributed by atoms with Gasteiger partial charge in [0.2, 0.25) is 0 Å². The van der Waals surface area contributed by atoms with Gasteiger partial charge in [0, 0.05) is 80.2 Å². The fourth-order valence-electron chi connectivity index (χ4n) is 6.29. The van der Waals surface area contributed by atoms with E-state index in [1.807, 2.05) is 6.08 Å².